The molecule has 0 saturated heterocycles. The normalized spacial score (nSPS) is 11.6. The van der Waals surface area contributed by atoms with Gasteiger partial charge < -0.3 is 9.47 Å². The molecule has 0 spiro atoms. The number of hydrogen-bond donors (Lipinski definition) is 0. The van der Waals surface area contributed by atoms with Crippen LogP contribution < -0.4 is 9.47 Å². The van der Waals surface area contributed by atoms with Crippen LogP contribution in [0.4, 0.5) is 0 Å². The zero-order valence-corrected chi connectivity index (χ0v) is 19.8. The second-order valence-electron chi connectivity index (χ2n) is 8.68. The summed E-state index contributed by atoms with van der Waals surface area (Å²) in [6.07, 6.45) is 0. The molecule has 36 heavy (non-hydrogen) atoms. The maximum Gasteiger partial charge on any atom is 0.166 e. The van der Waals surface area contributed by atoms with Crippen LogP contribution in [0.2, 0.25) is 0 Å². The van der Waals surface area contributed by atoms with Gasteiger partial charge in [-0.3, -0.25) is 9.13 Å². The molecule has 3 aromatic heterocycles. The topological polar surface area (TPSA) is 54.1 Å². The van der Waals surface area contributed by atoms with Crippen molar-refractivity contribution in [1.29, 1.82) is 0 Å². The average Bonchev–Trinajstić information content (AvgIpc) is 3.44. The van der Waals surface area contributed by atoms with E-state index in [1.165, 1.54) is 0 Å². The first-order valence-electron chi connectivity index (χ1n) is 11.8. The molecule has 0 aliphatic heterocycles. The summed E-state index contributed by atoms with van der Waals surface area (Å²) in [5.41, 5.74) is 7.37. The number of aromatic nitrogens is 4. The van der Waals surface area contributed by atoms with E-state index in [4.69, 9.17) is 19.4 Å². The van der Waals surface area contributed by atoms with Gasteiger partial charge in [-0.15, -0.1) is 0 Å². The van der Waals surface area contributed by atoms with Gasteiger partial charge in [-0.05, 0) is 36.4 Å². The zero-order valence-electron chi connectivity index (χ0n) is 19.8. The lowest BCUT2D eigenvalue weighted by Gasteiger charge is -2.10. The predicted octanol–water partition coefficient (Wildman–Crippen LogP) is 6.69. The molecule has 0 fully saturated rings. The van der Waals surface area contributed by atoms with Crippen LogP contribution >= 0.6 is 0 Å². The van der Waals surface area contributed by atoms with Crippen molar-refractivity contribution in [2.24, 2.45) is 0 Å². The van der Waals surface area contributed by atoms with E-state index >= 15 is 0 Å². The molecule has 3 heterocycles. The fraction of sp³-hybridized carbons (Fsp3) is 0.0667. The van der Waals surface area contributed by atoms with Gasteiger partial charge in [0.05, 0.1) is 36.6 Å². The van der Waals surface area contributed by atoms with Crippen molar-refractivity contribution in [3.8, 4) is 22.9 Å². The van der Waals surface area contributed by atoms with Crippen LogP contribution in [0.1, 0.15) is 0 Å². The molecule has 6 nitrogen and oxygen atoms in total. The summed E-state index contributed by atoms with van der Waals surface area (Å²) in [6.45, 7) is 0. The lowest BCUT2D eigenvalue weighted by Crippen LogP contribution is -2.00. The molecule has 0 bridgehead atoms. The summed E-state index contributed by atoms with van der Waals surface area (Å²) >= 11 is 0. The van der Waals surface area contributed by atoms with E-state index in [1.54, 1.807) is 14.2 Å². The molecule has 0 atom stereocenters. The number of benzene rings is 4. The first kappa shape index (κ1) is 20.5. The molecule has 4 aromatic carbocycles. The molecule has 6 heteroatoms. The van der Waals surface area contributed by atoms with Crippen LogP contribution in [0.25, 0.3) is 55.5 Å². The van der Waals surface area contributed by atoms with E-state index in [2.05, 4.69) is 45.5 Å². The summed E-state index contributed by atoms with van der Waals surface area (Å²) in [4.78, 5) is 10.5. The third kappa shape index (κ3) is 2.91. The summed E-state index contributed by atoms with van der Waals surface area (Å²) in [6, 6.07) is 32.7. The SMILES string of the molecule is COc1cccc(-n2c3ccccc3c3nc4c5ccccc5n(-c5cccc(OC)c5)c4nc32)c1. The third-order valence-electron chi connectivity index (χ3n) is 6.71. The summed E-state index contributed by atoms with van der Waals surface area (Å²) in [7, 11) is 3.36. The third-order valence-corrected chi connectivity index (χ3v) is 6.71. The number of hydrogen-bond acceptors (Lipinski definition) is 4. The number of methoxy groups -OCH3 is 2. The predicted molar refractivity (Wildman–Crippen MR) is 144 cm³/mol. The Hall–Kier alpha value is -4.84. The van der Waals surface area contributed by atoms with Gasteiger partial charge in [-0.1, -0.05) is 48.5 Å². The summed E-state index contributed by atoms with van der Waals surface area (Å²) in [5.74, 6) is 1.58. The minimum absolute atomic E-state index is 0.790. The molecule has 0 aliphatic rings. The van der Waals surface area contributed by atoms with Gasteiger partial charge in [-0.2, -0.15) is 0 Å². The second-order valence-corrected chi connectivity index (χ2v) is 8.68. The van der Waals surface area contributed by atoms with Crippen molar-refractivity contribution in [2.45, 2.75) is 0 Å². The molecule has 7 rings (SSSR count). The second kappa shape index (κ2) is 7.85. The standard InChI is InChI=1S/C30H22N4O2/c1-35-21-11-7-9-19(17-21)33-25-15-5-3-13-23(25)27-29(33)32-30-28(31-27)24-14-4-6-16-26(24)34(30)20-10-8-12-22(18-20)36-2/h3-18H,1-2H3. The van der Waals surface area contributed by atoms with Crippen LogP contribution in [0.3, 0.4) is 0 Å². The number of fused-ring (bicyclic) bond motifs is 6. The lowest BCUT2D eigenvalue weighted by molar-refractivity contribution is 0.414. The van der Waals surface area contributed by atoms with E-state index in [-0.39, 0.29) is 0 Å². The van der Waals surface area contributed by atoms with E-state index in [0.29, 0.717) is 0 Å². The average molecular weight is 471 g/mol. The molecular formula is C30H22N4O2. The van der Waals surface area contributed by atoms with Crippen molar-refractivity contribution in [3.05, 3.63) is 97.1 Å². The van der Waals surface area contributed by atoms with Crippen molar-refractivity contribution in [2.75, 3.05) is 14.2 Å². The molecule has 0 saturated carbocycles. The van der Waals surface area contributed by atoms with Crippen molar-refractivity contribution in [3.63, 3.8) is 0 Å². The molecule has 0 radical (unpaired) electrons. The minimum atomic E-state index is 0.790. The van der Waals surface area contributed by atoms with Crippen molar-refractivity contribution in [1.82, 2.24) is 19.1 Å². The Bertz CT molecular complexity index is 1800. The first-order chi connectivity index (χ1) is 17.8. The molecule has 0 aliphatic carbocycles. The minimum Gasteiger partial charge on any atom is -0.497 e. The quantitative estimate of drug-likeness (QED) is 0.288. The van der Waals surface area contributed by atoms with Gasteiger partial charge in [0.2, 0.25) is 0 Å². The van der Waals surface area contributed by atoms with E-state index in [1.807, 2.05) is 60.7 Å². The highest BCUT2D eigenvalue weighted by Crippen LogP contribution is 2.36. The number of ether oxygens (including phenoxy) is 2. The van der Waals surface area contributed by atoms with E-state index in [0.717, 1.165) is 67.0 Å². The van der Waals surface area contributed by atoms with Crippen molar-refractivity contribution < 1.29 is 9.47 Å². The molecular weight excluding hydrogens is 448 g/mol. The van der Waals surface area contributed by atoms with Crippen LogP contribution in [0, 0.1) is 0 Å². The molecule has 7 aromatic rings. The Morgan fingerprint density at radius 1 is 0.528 bits per heavy atom. The zero-order chi connectivity index (χ0) is 24.2. The Kier molecular flexibility index (Phi) is 4.48. The Balaban J connectivity index is 1.65. The Labute approximate surface area is 207 Å². The largest absolute Gasteiger partial charge is 0.497 e. The van der Waals surface area contributed by atoms with Crippen LogP contribution in [0.15, 0.2) is 97.1 Å². The molecule has 174 valence electrons. The van der Waals surface area contributed by atoms with Gasteiger partial charge in [0.15, 0.2) is 11.3 Å². The first-order valence-corrected chi connectivity index (χ1v) is 11.8. The van der Waals surface area contributed by atoms with Crippen molar-refractivity contribution >= 4 is 44.1 Å². The Morgan fingerprint density at radius 2 is 1.00 bits per heavy atom. The Morgan fingerprint density at radius 3 is 1.47 bits per heavy atom. The molecule has 0 unspecified atom stereocenters. The van der Waals surface area contributed by atoms with Crippen LogP contribution in [-0.2, 0) is 0 Å². The fourth-order valence-electron chi connectivity index (χ4n) is 5.08. The van der Waals surface area contributed by atoms with Gasteiger partial charge in [-0.25, -0.2) is 9.97 Å². The van der Waals surface area contributed by atoms with Crippen LogP contribution in [-0.4, -0.2) is 33.3 Å². The summed E-state index contributed by atoms with van der Waals surface area (Å²) < 4.78 is 15.4. The number of nitrogens with zero attached hydrogens (tertiary/aromatic N) is 4. The van der Waals surface area contributed by atoms with E-state index in [9.17, 15) is 0 Å². The van der Waals surface area contributed by atoms with Gasteiger partial charge in [0.25, 0.3) is 0 Å². The number of rotatable bonds is 4. The highest BCUT2D eigenvalue weighted by molar-refractivity contribution is 6.12. The monoisotopic (exact) mass is 470 g/mol. The highest BCUT2D eigenvalue weighted by Gasteiger charge is 2.21. The number of para-hydroxylation sites is 2. The van der Waals surface area contributed by atoms with Crippen LogP contribution in [0.5, 0.6) is 11.5 Å². The molecule has 0 N–H and O–H groups in total. The summed E-state index contributed by atoms with van der Waals surface area (Å²) in [5, 5.41) is 2.12. The maximum atomic E-state index is 5.52. The van der Waals surface area contributed by atoms with E-state index < -0.39 is 0 Å². The smallest absolute Gasteiger partial charge is 0.166 e. The lowest BCUT2D eigenvalue weighted by atomic mass is 10.2. The van der Waals surface area contributed by atoms with Gasteiger partial charge >= 0.3 is 0 Å². The highest BCUT2D eigenvalue weighted by atomic mass is 16.5. The van der Waals surface area contributed by atoms with Gasteiger partial charge in [0, 0.05) is 22.9 Å². The fourth-order valence-corrected chi connectivity index (χ4v) is 5.08. The molecule has 0 amide bonds. The van der Waals surface area contributed by atoms with Gasteiger partial charge in [0.1, 0.15) is 22.5 Å². The maximum absolute atomic E-state index is 5.52.